The SMILES string of the molecule is C=C1C(=O)CC[C@]2(C)[C@@H](O[Si](C)(C)C(C)(C)C)CC[C@@H]12. The van der Waals surface area contributed by atoms with Crippen LogP contribution in [0.25, 0.3) is 0 Å². The maximum absolute atomic E-state index is 11.9. The lowest BCUT2D eigenvalue weighted by Crippen LogP contribution is -2.49. The third-order valence-corrected chi connectivity index (χ3v) is 10.6. The molecule has 2 aliphatic carbocycles. The van der Waals surface area contributed by atoms with Crippen molar-refractivity contribution in [3.05, 3.63) is 12.2 Å². The normalized spacial score (nSPS) is 35.3. The summed E-state index contributed by atoms with van der Waals surface area (Å²) in [5, 5.41) is 0.239. The quantitative estimate of drug-likeness (QED) is 0.544. The summed E-state index contributed by atoms with van der Waals surface area (Å²) < 4.78 is 6.71. The van der Waals surface area contributed by atoms with Gasteiger partial charge in [0.25, 0.3) is 0 Å². The monoisotopic (exact) mass is 294 g/mol. The summed E-state index contributed by atoms with van der Waals surface area (Å²) in [5.74, 6) is 0.624. The number of Topliss-reactive ketones (excluding diaryl/α,β-unsaturated/α-hetero) is 1. The van der Waals surface area contributed by atoms with Crippen LogP contribution in [0.5, 0.6) is 0 Å². The largest absolute Gasteiger partial charge is 0.413 e. The lowest BCUT2D eigenvalue weighted by atomic mass is 9.66. The number of fused-ring (bicyclic) bond motifs is 1. The fraction of sp³-hybridized carbons (Fsp3) is 0.824. The predicted octanol–water partition coefficient (Wildman–Crippen LogP) is 4.71. The second-order valence-electron chi connectivity index (χ2n) is 8.45. The van der Waals surface area contributed by atoms with Crippen molar-refractivity contribution in [3.8, 4) is 0 Å². The van der Waals surface area contributed by atoms with Gasteiger partial charge in [0.05, 0.1) is 6.10 Å². The minimum atomic E-state index is -1.75. The smallest absolute Gasteiger partial charge is 0.192 e. The highest BCUT2D eigenvalue weighted by Gasteiger charge is 2.54. The summed E-state index contributed by atoms with van der Waals surface area (Å²) >= 11 is 0. The molecule has 2 rings (SSSR count). The van der Waals surface area contributed by atoms with E-state index in [1.807, 2.05) is 0 Å². The van der Waals surface area contributed by atoms with Crippen molar-refractivity contribution < 1.29 is 9.22 Å². The zero-order valence-electron chi connectivity index (χ0n) is 14.0. The van der Waals surface area contributed by atoms with E-state index in [2.05, 4.69) is 47.4 Å². The van der Waals surface area contributed by atoms with Crippen LogP contribution in [0.4, 0.5) is 0 Å². The zero-order chi connectivity index (χ0) is 15.3. The van der Waals surface area contributed by atoms with Gasteiger partial charge in [-0.25, -0.2) is 0 Å². The molecule has 2 saturated carbocycles. The summed E-state index contributed by atoms with van der Waals surface area (Å²) in [5.41, 5.74) is 0.987. The van der Waals surface area contributed by atoms with Crippen LogP contribution in [0.3, 0.4) is 0 Å². The van der Waals surface area contributed by atoms with Gasteiger partial charge in [0.1, 0.15) is 0 Å². The molecule has 0 unspecified atom stereocenters. The van der Waals surface area contributed by atoms with Gasteiger partial charge in [0.2, 0.25) is 0 Å². The van der Waals surface area contributed by atoms with Crippen LogP contribution < -0.4 is 0 Å². The summed E-state index contributed by atoms with van der Waals surface area (Å²) in [7, 11) is -1.75. The molecule has 0 aromatic rings. The van der Waals surface area contributed by atoms with Crippen LogP contribution in [-0.4, -0.2) is 20.2 Å². The molecule has 0 N–H and O–H groups in total. The van der Waals surface area contributed by atoms with Gasteiger partial charge >= 0.3 is 0 Å². The first-order valence-corrected chi connectivity index (χ1v) is 10.8. The number of rotatable bonds is 2. The molecule has 0 bridgehead atoms. The van der Waals surface area contributed by atoms with Crippen molar-refractivity contribution in [3.63, 3.8) is 0 Å². The van der Waals surface area contributed by atoms with Gasteiger partial charge in [-0.05, 0) is 54.3 Å². The number of carbonyl (C=O) groups is 1. The minimum absolute atomic E-state index is 0.126. The van der Waals surface area contributed by atoms with E-state index in [9.17, 15) is 4.79 Å². The Labute approximate surface area is 125 Å². The highest BCUT2D eigenvalue weighted by molar-refractivity contribution is 6.74. The first-order valence-electron chi connectivity index (χ1n) is 7.89. The fourth-order valence-corrected chi connectivity index (χ4v) is 5.03. The fourth-order valence-electron chi connectivity index (χ4n) is 3.57. The Kier molecular flexibility index (Phi) is 3.84. The van der Waals surface area contributed by atoms with Crippen molar-refractivity contribution in [2.45, 2.75) is 77.6 Å². The van der Waals surface area contributed by atoms with Gasteiger partial charge in [-0.2, -0.15) is 0 Å². The van der Waals surface area contributed by atoms with E-state index in [0.717, 1.165) is 24.8 Å². The van der Waals surface area contributed by atoms with Crippen molar-refractivity contribution >= 4 is 14.1 Å². The van der Waals surface area contributed by atoms with E-state index in [4.69, 9.17) is 4.43 Å². The van der Waals surface area contributed by atoms with Gasteiger partial charge in [-0.1, -0.05) is 34.3 Å². The summed E-state index contributed by atoms with van der Waals surface area (Å²) in [6.45, 7) is 17.9. The zero-order valence-corrected chi connectivity index (χ0v) is 15.0. The molecule has 2 fully saturated rings. The van der Waals surface area contributed by atoms with Crippen molar-refractivity contribution in [1.82, 2.24) is 0 Å². The summed E-state index contributed by atoms with van der Waals surface area (Å²) in [6, 6.07) is 0. The molecule has 0 aromatic heterocycles. The molecular formula is C17H30O2Si. The molecule has 3 atom stereocenters. The summed E-state index contributed by atoms with van der Waals surface area (Å²) in [6.07, 6.45) is 4.08. The lowest BCUT2D eigenvalue weighted by molar-refractivity contribution is -0.119. The van der Waals surface area contributed by atoms with Crippen molar-refractivity contribution in [2.24, 2.45) is 11.3 Å². The molecule has 0 aromatic carbocycles. The third kappa shape index (κ3) is 2.43. The third-order valence-electron chi connectivity index (χ3n) is 6.16. The molecule has 2 aliphatic rings. The maximum atomic E-state index is 11.9. The van der Waals surface area contributed by atoms with Crippen LogP contribution in [0.15, 0.2) is 12.2 Å². The van der Waals surface area contributed by atoms with E-state index in [-0.39, 0.29) is 16.2 Å². The molecule has 114 valence electrons. The van der Waals surface area contributed by atoms with E-state index in [1.165, 1.54) is 0 Å². The Bertz CT molecular complexity index is 433. The number of carbonyl (C=O) groups excluding carboxylic acids is 1. The number of ketones is 1. The molecule has 2 nitrogen and oxygen atoms in total. The van der Waals surface area contributed by atoms with E-state index >= 15 is 0 Å². The molecule has 0 aliphatic heterocycles. The van der Waals surface area contributed by atoms with Crippen molar-refractivity contribution in [2.75, 3.05) is 0 Å². The van der Waals surface area contributed by atoms with Gasteiger partial charge in [-0.15, -0.1) is 0 Å². The molecule has 0 heterocycles. The van der Waals surface area contributed by atoms with Gasteiger partial charge < -0.3 is 4.43 Å². The Hall–Kier alpha value is -0.413. The van der Waals surface area contributed by atoms with E-state index in [0.29, 0.717) is 18.4 Å². The van der Waals surface area contributed by atoms with Crippen LogP contribution in [0, 0.1) is 11.3 Å². The molecule has 0 radical (unpaired) electrons. The molecular weight excluding hydrogens is 264 g/mol. The van der Waals surface area contributed by atoms with E-state index in [1.54, 1.807) is 0 Å². The Morgan fingerprint density at radius 3 is 2.45 bits per heavy atom. The Morgan fingerprint density at radius 1 is 1.30 bits per heavy atom. The second-order valence-corrected chi connectivity index (χ2v) is 13.2. The van der Waals surface area contributed by atoms with Crippen LogP contribution in [-0.2, 0) is 9.22 Å². The minimum Gasteiger partial charge on any atom is -0.413 e. The van der Waals surface area contributed by atoms with Gasteiger partial charge in [0, 0.05) is 6.42 Å². The molecule has 0 amide bonds. The number of hydrogen-bond acceptors (Lipinski definition) is 2. The standard InChI is InChI=1S/C17H30O2Si/c1-12-13-8-9-15(17(13,5)11-10-14(12)18)19-20(6,7)16(2,3)4/h13,15H,1,8-11H2,2-7H3/t13-,15-,17-/m0/s1. The van der Waals surface area contributed by atoms with Crippen LogP contribution >= 0.6 is 0 Å². The average Bonchev–Trinajstić information content (AvgIpc) is 2.61. The molecule has 20 heavy (non-hydrogen) atoms. The first kappa shape index (κ1) is 16.0. The molecule has 3 heteroatoms. The Morgan fingerprint density at radius 2 is 1.90 bits per heavy atom. The number of hydrogen-bond donors (Lipinski definition) is 0. The first-order chi connectivity index (χ1) is 8.99. The highest BCUT2D eigenvalue weighted by atomic mass is 28.4. The van der Waals surface area contributed by atoms with Gasteiger partial charge in [0.15, 0.2) is 14.1 Å². The predicted molar refractivity (Wildman–Crippen MR) is 86.3 cm³/mol. The van der Waals surface area contributed by atoms with Crippen LogP contribution in [0.2, 0.25) is 18.1 Å². The molecule has 0 saturated heterocycles. The highest BCUT2D eigenvalue weighted by Crippen LogP contribution is 2.55. The van der Waals surface area contributed by atoms with Gasteiger partial charge in [-0.3, -0.25) is 4.79 Å². The van der Waals surface area contributed by atoms with Crippen molar-refractivity contribution in [1.29, 1.82) is 0 Å². The second kappa shape index (κ2) is 4.81. The van der Waals surface area contributed by atoms with Crippen LogP contribution in [0.1, 0.15) is 53.4 Å². The maximum Gasteiger partial charge on any atom is 0.192 e. The Balaban J connectivity index is 2.20. The molecule has 0 spiro atoms. The lowest BCUT2D eigenvalue weighted by Gasteiger charge is -2.46. The summed E-state index contributed by atoms with van der Waals surface area (Å²) in [4.78, 5) is 11.9. The topological polar surface area (TPSA) is 26.3 Å². The van der Waals surface area contributed by atoms with E-state index < -0.39 is 8.32 Å². The number of allylic oxidation sites excluding steroid dienone is 1. The average molecular weight is 295 g/mol.